The predicted octanol–water partition coefficient (Wildman–Crippen LogP) is 1.61. The monoisotopic (exact) mass is 197 g/mol. The van der Waals surface area contributed by atoms with Gasteiger partial charge in [0.1, 0.15) is 6.04 Å². The van der Waals surface area contributed by atoms with Crippen LogP contribution in [0.1, 0.15) is 34.1 Å². The highest BCUT2D eigenvalue weighted by Gasteiger charge is 2.14. The molecule has 1 N–H and O–H groups in total. The minimum absolute atomic E-state index is 0.0334. The van der Waals surface area contributed by atoms with Crippen LogP contribution in [-0.4, -0.2) is 36.6 Å². The second-order valence-corrected chi connectivity index (χ2v) is 3.83. The zero-order valence-corrected chi connectivity index (χ0v) is 9.88. The number of hydrogen-bond acceptors (Lipinski definition) is 3. The van der Waals surface area contributed by atoms with Crippen molar-refractivity contribution in [2.24, 2.45) is 0 Å². The van der Waals surface area contributed by atoms with Crippen molar-refractivity contribution in [3.63, 3.8) is 0 Å². The van der Waals surface area contributed by atoms with Crippen LogP contribution in [0.4, 0.5) is 0 Å². The summed E-state index contributed by atoms with van der Waals surface area (Å²) in [5, 5.41) is 12.1. The molecule has 0 heterocycles. The molecule has 0 aromatic carbocycles. The van der Waals surface area contributed by atoms with Crippen LogP contribution < -0.4 is 5.32 Å². The van der Waals surface area contributed by atoms with Crippen molar-refractivity contribution in [2.45, 2.75) is 46.2 Å². The fourth-order valence-corrected chi connectivity index (χ4v) is 1.48. The fourth-order valence-electron chi connectivity index (χ4n) is 1.48. The maximum Gasteiger partial charge on any atom is 0.108 e. The third-order valence-electron chi connectivity index (χ3n) is 2.26. The summed E-state index contributed by atoms with van der Waals surface area (Å²) in [6.07, 6.45) is 1.14. The number of nitrogens with zero attached hydrogens (tertiary/aromatic N) is 2. The number of hydrogen-bond donors (Lipinski definition) is 1. The maximum atomic E-state index is 8.92. The molecule has 3 heteroatoms. The molecule has 0 radical (unpaired) electrons. The Morgan fingerprint density at radius 1 is 1.36 bits per heavy atom. The summed E-state index contributed by atoms with van der Waals surface area (Å²) < 4.78 is 0. The van der Waals surface area contributed by atoms with Gasteiger partial charge < -0.3 is 5.32 Å². The van der Waals surface area contributed by atoms with Gasteiger partial charge in [-0.15, -0.1) is 0 Å². The molecule has 0 aliphatic heterocycles. The Bertz CT molecular complexity index is 172. The summed E-state index contributed by atoms with van der Waals surface area (Å²) >= 11 is 0. The summed E-state index contributed by atoms with van der Waals surface area (Å²) in [5.41, 5.74) is 0. The molecule has 0 rings (SSSR count). The minimum Gasteiger partial charge on any atom is -0.301 e. The van der Waals surface area contributed by atoms with E-state index in [0.717, 1.165) is 26.1 Å². The van der Waals surface area contributed by atoms with Gasteiger partial charge in [0.15, 0.2) is 0 Å². The van der Waals surface area contributed by atoms with Crippen molar-refractivity contribution in [1.29, 1.82) is 5.26 Å². The van der Waals surface area contributed by atoms with Gasteiger partial charge in [0.05, 0.1) is 6.07 Å². The largest absolute Gasteiger partial charge is 0.301 e. The first-order valence-electron chi connectivity index (χ1n) is 5.52. The van der Waals surface area contributed by atoms with E-state index in [2.05, 4.69) is 37.1 Å². The molecule has 0 fully saturated rings. The van der Waals surface area contributed by atoms with Crippen LogP contribution in [-0.2, 0) is 0 Å². The van der Waals surface area contributed by atoms with Crippen LogP contribution in [0, 0.1) is 11.3 Å². The van der Waals surface area contributed by atoms with Gasteiger partial charge >= 0.3 is 0 Å². The van der Waals surface area contributed by atoms with Crippen molar-refractivity contribution in [1.82, 2.24) is 10.2 Å². The van der Waals surface area contributed by atoms with E-state index in [0.29, 0.717) is 6.04 Å². The quantitative estimate of drug-likeness (QED) is 0.674. The number of likely N-dealkylation sites (N-methyl/N-ethyl adjacent to an activating group) is 1. The van der Waals surface area contributed by atoms with E-state index < -0.39 is 0 Å². The lowest BCUT2D eigenvalue weighted by Crippen LogP contribution is -2.43. The smallest absolute Gasteiger partial charge is 0.108 e. The molecule has 0 saturated carbocycles. The molecule has 0 aromatic rings. The van der Waals surface area contributed by atoms with E-state index in [1.165, 1.54) is 0 Å². The molecule has 0 aromatic heterocycles. The number of nitriles is 1. The molecular weight excluding hydrogens is 174 g/mol. The molecule has 14 heavy (non-hydrogen) atoms. The van der Waals surface area contributed by atoms with Crippen LogP contribution in [0.2, 0.25) is 0 Å². The van der Waals surface area contributed by atoms with Crippen LogP contribution in [0.15, 0.2) is 0 Å². The molecular formula is C11H23N3. The first kappa shape index (κ1) is 13.4. The number of rotatable bonds is 7. The lowest BCUT2D eigenvalue weighted by atomic mass is 10.2. The Balaban J connectivity index is 4.05. The number of nitrogens with one attached hydrogen (secondary N) is 1. The molecule has 1 atom stereocenters. The van der Waals surface area contributed by atoms with E-state index in [4.69, 9.17) is 5.26 Å². The van der Waals surface area contributed by atoms with Gasteiger partial charge in [-0.1, -0.05) is 13.8 Å². The second-order valence-electron chi connectivity index (χ2n) is 3.83. The highest BCUT2D eigenvalue weighted by atomic mass is 15.2. The van der Waals surface area contributed by atoms with Crippen molar-refractivity contribution < 1.29 is 0 Å². The Labute approximate surface area is 88.1 Å². The van der Waals surface area contributed by atoms with E-state index in [-0.39, 0.29) is 6.04 Å². The van der Waals surface area contributed by atoms with Crippen LogP contribution in [0.5, 0.6) is 0 Å². The molecule has 3 nitrogen and oxygen atoms in total. The molecule has 0 saturated heterocycles. The van der Waals surface area contributed by atoms with E-state index in [9.17, 15) is 0 Å². The molecule has 1 unspecified atom stereocenters. The molecule has 0 aliphatic rings. The first-order valence-corrected chi connectivity index (χ1v) is 5.52. The fraction of sp³-hybridized carbons (Fsp3) is 0.909. The molecule has 0 amide bonds. The first-order chi connectivity index (χ1) is 6.65. The molecule has 82 valence electrons. The highest BCUT2D eigenvalue weighted by Crippen LogP contribution is 2.01. The summed E-state index contributed by atoms with van der Waals surface area (Å²) in [6, 6.07) is 2.78. The lowest BCUT2D eigenvalue weighted by molar-refractivity contribution is 0.210. The van der Waals surface area contributed by atoms with E-state index in [1.54, 1.807) is 0 Å². The van der Waals surface area contributed by atoms with Crippen molar-refractivity contribution in [3.05, 3.63) is 0 Å². The van der Waals surface area contributed by atoms with Crippen molar-refractivity contribution in [2.75, 3.05) is 19.6 Å². The summed E-state index contributed by atoms with van der Waals surface area (Å²) in [5.74, 6) is 0. The van der Waals surface area contributed by atoms with Gasteiger partial charge in [0.25, 0.3) is 0 Å². The molecule has 0 bridgehead atoms. The maximum absolute atomic E-state index is 8.92. The van der Waals surface area contributed by atoms with Crippen LogP contribution in [0.3, 0.4) is 0 Å². The van der Waals surface area contributed by atoms with Crippen molar-refractivity contribution >= 4 is 0 Å². The average molecular weight is 197 g/mol. The normalized spacial score (nSPS) is 13.2. The Hall–Kier alpha value is -0.590. The molecule has 0 aliphatic carbocycles. The summed E-state index contributed by atoms with van der Waals surface area (Å²) in [6.45, 7) is 11.3. The Morgan fingerprint density at radius 3 is 2.36 bits per heavy atom. The van der Waals surface area contributed by atoms with Crippen LogP contribution >= 0.6 is 0 Å². The summed E-state index contributed by atoms with van der Waals surface area (Å²) in [7, 11) is 0. The summed E-state index contributed by atoms with van der Waals surface area (Å²) in [4.78, 5) is 2.34. The zero-order valence-electron chi connectivity index (χ0n) is 9.88. The Kier molecular flexibility index (Phi) is 7.45. The average Bonchev–Trinajstić information content (AvgIpc) is 2.15. The van der Waals surface area contributed by atoms with E-state index in [1.807, 2.05) is 6.92 Å². The van der Waals surface area contributed by atoms with Gasteiger partial charge in [-0.3, -0.25) is 4.90 Å². The van der Waals surface area contributed by atoms with Gasteiger partial charge in [-0.05, 0) is 33.4 Å². The Morgan fingerprint density at radius 2 is 2.00 bits per heavy atom. The van der Waals surface area contributed by atoms with Gasteiger partial charge in [0.2, 0.25) is 0 Å². The third kappa shape index (κ3) is 5.21. The topological polar surface area (TPSA) is 39.1 Å². The van der Waals surface area contributed by atoms with Gasteiger partial charge in [-0.2, -0.15) is 5.26 Å². The SMILES string of the molecule is CCCN(CC(C#N)NCC)C(C)C. The van der Waals surface area contributed by atoms with Crippen LogP contribution in [0.25, 0.3) is 0 Å². The molecule has 0 spiro atoms. The zero-order chi connectivity index (χ0) is 11.0. The van der Waals surface area contributed by atoms with Crippen molar-refractivity contribution in [3.8, 4) is 6.07 Å². The third-order valence-corrected chi connectivity index (χ3v) is 2.26. The van der Waals surface area contributed by atoms with Gasteiger partial charge in [-0.25, -0.2) is 0 Å². The lowest BCUT2D eigenvalue weighted by Gasteiger charge is -2.28. The minimum atomic E-state index is -0.0334. The van der Waals surface area contributed by atoms with E-state index >= 15 is 0 Å². The predicted molar refractivity (Wildman–Crippen MR) is 60.1 cm³/mol. The second kappa shape index (κ2) is 7.78. The standard InChI is InChI=1S/C11H23N3/c1-5-7-14(10(3)4)9-11(8-12)13-6-2/h10-11,13H,5-7,9H2,1-4H3. The van der Waals surface area contributed by atoms with Gasteiger partial charge in [0, 0.05) is 12.6 Å². The highest BCUT2D eigenvalue weighted by molar-refractivity contribution is 4.92.